The first kappa shape index (κ1) is 18.4. The third-order valence-corrected chi connectivity index (χ3v) is 4.38. The Morgan fingerprint density at radius 2 is 1.88 bits per heavy atom. The molecule has 2 aromatic heterocycles. The van der Waals surface area contributed by atoms with Crippen LogP contribution in [0.3, 0.4) is 0 Å². The summed E-state index contributed by atoms with van der Waals surface area (Å²) in [6.45, 7) is 10.9. The van der Waals surface area contributed by atoms with Crippen LogP contribution in [0.4, 0.5) is 0 Å². The summed E-state index contributed by atoms with van der Waals surface area (Å²) in [6.07, 6.45) is 0.812. The summed E-state index contributed by atoms with van der Waals surface area (Å²) in [4.78, 5) is 25.2. The predicted octanol–water partition coefficient (Wildman–Crippen LogP) is 1.99. The van der Waals surface area contributed by atoms with Gasteiger partial charge in [0, 0.05) is 24.5 Å². The zero-order valence-corrected chi connectivity index (χ0v) is 15.6. The van der Waals surface area contributed by atoms with Crippen LogP contribution in [0.15, 0.2) is 11.2 Å². The highest BCUT2D eigenvalue weighted by Crippen LogP contribution is 2.20. The van der Waals surface area contributed by atoms with Crippen molar-refractivity contribution in [1.29, 1.82) is 0 Å². The van der Waals surface area contributed by atoms with Crippen LogP contribution in [0.5, 0.6) is 0 Å². The minimum absolute atomic E-state index is 0.00532. The molecule has 0 unspecified atom stereocenters. The van der Waals surface area contributed by atoms with Crippen LogP contribution in [0.2, 0.25) is 0 Å². The van der Waals surface area contributed by atoms with Gasteiger partial charge in [-0.15, -0.1) is 0 Å². The molecule has 0 bridgehead atoms. The summed E-state index contributed by atoms with van der Waals surface area (Å²) in [6, 6.07) is 1.92. The highest BCUT2D eigenvalue weighted by molar-refractivity contribution is 8.00. The maximum atomic E-state index is 12.2. The minimum atomic E-state index is -0.235. The van der Waals surface area contributed by atoms with E-state index < -0.39 is 0 Å². The van der Waals surface area contributed by atoms with E-state index >= 15 is 0 Å². The van der Waals surface area contributed by atoms with Gasteiger partial charge in [0.05, 0.1) is 5.25 Å². The molecule has 1 amide bonds. The van der Waals surface area contributed by atoms with E-state index in [1.165, 1.54) is 11.8 Å². The largest absolute Gasteiger partial charge is 0.355 e. The second kappa shape index (κ2) is 8.23. The van der Waals surface area contributed by atoms with Crippen LogP contribution in [-0.2, 0) is 11.3 Å². The van der Waals surface area contributed by atoms with E-state index in [0.29, 0.717) is 11.7 Å². The van der Waals surface area contributed by atoms with Crippen molar-refractivity contribution >= 4 is 17.7 Å². The molecule has 0 aliphatic rings. The average Bonchev–Trinajstić information content (AvgIpc) is 2.80. The summed E-state index contributed by atoms with van der Waals surface area (Å²) in [5.41, 5.74) is 1.83. The Hall–Kier alpha value is -1.96. The van der Waals surface area contributed by atoms with Gasteiger partial charge in [-0.3, -0.25) is 9.48 Å². The lowest BCUT2D eigenvalue weighted by molar-refractivity contribution is -0.120. The van der Waals surface area contributed by atoms with Crippen molar-refractivity contribution in [1.82, 2.24) is 30.0 Å². The molecule has 0 spiro atoms. The van der Waals surface area contributed by atoms with Crippen molar-refractivity contribution in [3.63, 3.8) is 0 Å². The number of carbonyl (C=O) groups excluding carboxylic acids is 1. The lowest BCUT2D eigenvalue weighted by Crippen LogP contribution is -2.32. The number of aryl methyl sites for hydroxylation is 5. The van der Waals surface area contributed by atoms with E-state index in [2.05, 4.69) is 25.4 Å². The van der Waals surface area contributed by atoms with Gasteiger partial charge in [-0.2, -0.15) is 5.10 Å². The monoisotopic (exact) mass is 348 g/mol. The fourth-order valence-electron chi connectivity index (χ4n) is 2.32. The van der Waals surface area contributed by atoms with E-state index in [1.807, 2.05) is 45.4 Å². The van der Waals surface area contributed by atoms with Gasteiger partial charge >= 0.3 is 0 Å². The predicted molar refractivity (Wildman–Crippen MR) is 93.9 cm³/mol. The van der Waals surface area contributed by atoms with Crippen molar-refractivity contribution in [3.05, 3.63) is 29.1 Å². The van der Waals surface area contributed by atoms with Crippen LogP contribution in [-0.4, -0.2) is 42.4 Å². The summed E-state index contributed by atoms with van der Waals surface area (Å²) >= 11 is 1.38. The molecular weight excluding hydrogens is 324 g/mol. The molecule has 1 atom stereocenters. The van der Waals surface area contributed by atoms with Crippen LogP contribution in [0, 0.1) is 27.7 Å². The van der Waals surface area contributed by atoms with Gasteiger partial charge in [-0.1, -0.05) is 11.8 Å². The fraction of sp³-hybridized carbons (Fsp3) is 0.562. The van der Waals surface area contributed by atoms with Crippen molar-refractivity contribution in [2.45, 2.75) is 58.0 Å². The standard InChI is InChI=1S/C16H24N6OS/c1-10-9-11(2)19-16(18-10)24-12(3)15(23)17-7-6-8-22-14(5)20-13(4)21-22/h9,12H,6-8H2,1-5H3,(H,17,23)/t12-/m0/s1. The molecule has 0 saturated heterocycles. The average molecular weight is 348 g/mol. The Kier molecular flexibility index (Phi) is 6.30. The molecule has 1 N–H and O–H groups in total. The van der Waals surface area contributed by atoms with Gasteiger partial charge in [-0.25, -0.2) is 15.0 Å². The van der Waals surface area contributed by atoms with E-state index in [9.17, 15) is 4.79 Å². The molecule has 0 aromatic carbocycles. The van der Waals surface area contributed by atoms with Crippen LogP contribution >= 0.6 is 11.8 Å². The summed E-state index contributed by atoms with van der Waals surface area (Å²) < 4.78 is 1.86. The molecule has 0 radical (unpaired) electrons. The van der Waals surface area contributed by atoms with Crippen molar-refractivity contribution in [2.24, 2.45) is 0 Å². The Morgan fingerprint density at radius 1 is 1.21 bits per heavy atom. The van der Waals surface area contributed by atoms with Crippen LogP contribution < -0.4 is 5.32 Å². The topological polar surface area (TPSA) is 85.6 Å². The van der Waals surface area contributed by atoms with Gasteiger partial charge in [0.1, 0.15) is 11.6 Å². The van der Waals surface area contributed by atoms with E-state index in [1.54, 1.807) is 0 Å². The number of aromatic nitrogens is 5. The number of rotatable bonds is 7. The van der Waals surface area contributed by atoms with E-state index in [-0.39, 0.29) is 11.2 Å². The van der Waals surface area contributed by atoms with Gasteiger partial charge in [0.25, 0.3) is 0 Å². The van der Waals surface area contributed by atoms with Gasteiger partial charge in [0.2, 0.25) is 5.91 Å². The van der Waals surface area contributed by atoms with Crippen LogP contribution in [0.25, 0.3) is 0 Å². The van der Waals surface area contributed by atoms with E-state index in [4.69, 9.17) is 0 Å². The second-order valence-corrected chi connectivity index (χ2v) is 7.08. The number of amides is 1. The Balaban J connectivity index is 1.76. The van der Waals surface area contributed by atoms with Gasteiger partial charge in [0.15, 0.2) is 5.16 Å². The fourth-order valence-corrected chi connectivity index (χ4v) is 3.22. The molecule has 2 heterocycles. The number of nitrogens with one attached hydrogen (secondary N) is 1. The van der Waals surface area contributed by atoms with Crippen molar-refractivity contribution in [3.8, 4) is 0 Å². The molecule has 7 nitrogen and oxygen atoms in total. The van der Waals surface area contributed by atoms with Gasteiger partial charge in [-0.05, 0) is 47.1 Å². The second-order valence-electron chi connectivity index (χ2n) is 5.77. The van der Waals surface area contributed by atoms with E-state index in [0.717, 1.165) is 36.0 Å². The van der Waals surface area contributed by atoms with Crippen molar-refractivity contribution in [2.75, 3.05) is 6.54 Å². The summed E-state index contributed by atoms with van der Waals surface area (Å²) in [5.74, 6) is 1.67. The molecule has 0 aliphatic carbocycles. The highest BCUT2D eigenvalue weighted by Gasteiger charge is 2.16. The Labute approximate surface area is 146 Å². The maximum Gasteiger partial charge on any atom is 0.233 e. The lowest BCUT2D eigenvalue weighted by Gasteiger charge is -2.12. The molecule has 8 heteroatoms. The zero-order valence-electron chi connectivity index (χ0n) is 14.8. The minimum Gasteiger partial charge on any atom is -0.355 e. The molecular formula is C16H24N6OS. The molecule has 130 valence electrons. The van der Waals surface area contributed by atoms with Crippen molar-refractivity contribution < 1.29 is 4.79 Å². The number of hydrogen-bond acceptors (Lipinski definition) is 6. The normalized spacial score (nSPS) is 12.2. The first-order valence-electron chi connectivity index (χ1n) is 8.00. The quantitative estimate of drug-likeness (QED) is 0.468. The number of nitrogens with zero attached hydrogens (tertiary/aromatic N) is 5. The molecule has 0 saturated carbocycles. The maximum absolute atomic E-state index is 12.2. The van der Waals surface area contributed by atoms with Gasteiger partial charge < -0.3 is 5.32 Å². The Bertz CT molecular complexity index is 694. The third-order valence-electron chi connectivity index (χ3n) is 3.42. The molecule has 24 heavy (non-hydrogen) atoms. The SMILES string of the molecule is Cc1cc(C)nc(S[C@@H](C)C(=O)NCCCn2nc(C)nc2C)n1. The lowest BCUT2D eigenvalue weighted by atomic mass is 10.4. The first-order chi connectivity index (χ1) is 11.3. The number of thioether (sulfide) groups is 1. The number of hydrogen-bond donors (Lipinski definition) is 1. The summed E-state index contributed by atoms with van der Waals surface area (Å²) in [5, 5.41) is 7.67. The molecule has 0 fully saturated rings. The summed E-state index contributed by atoms with van der Waals surface area (Å²) in [7, 11) is 0. The smallest absolute Gasteiger partial charge is 0.233 e. The van der Waals surface area contributed by atoms with Crippen LogP contribution in [0.1, 0.15) is 36.4 Å². The zero-order chi connectivity index (χ0) is 17.7. The first-order valence-corrected chi connectivity index (χ1v) is 8.88. The molecule has 2 aromatic rings. The molecule has 2 rings (SSSR count). The Morgan fingerprint density at radius 3 is 2.46 bits per heavy atom. The molecule has 0 aliphatic heterocycles. The number of carbonyl (C=O) groups is 1. The highest BCUT2D eigenvalue weighted by atomic mass is 32.2. The third kappa shape index (κ3) is 5.30.